The molecule has 0 bridgehead atoms. The van der Waals surface area contributed by atoms with Crippen LogP contribution in [0.3, 0.4) is 0 Å². The molecule has 3 aromatic rings. The van der Waals surface area contributed by atoms with Crippen LogP contribution in [0.1, 0.15) is 32.2 Å². The molecule has 0 spiro atoms. The Morgan fingerprint density at radius 1 is 1.12 bits per heavy atom. The van der Waals surface area contributed by atoms with E-state index in [4.69, 9.17) is 4.74 Å². The van der Waals surface area contributed by atoms with Crippen molar-refractivity contribution in [3.63, 3.8) is 0 Å². The highest BCUT2D eigenvalue weighted by Crippen LogP contribution is 2.36. The first kappa shape index (κ1) is 24.2. The first-order valence-corrected chi connectivity index (χ1v) is 11.5. The number of methoxy groups -OCH3 is 1. The molecular weight excluding hydrogens is 458 g/mol. The van der Waals surface area contributed by atoms with Crippen molar-refractivity contribution in [2.24, 2.45) is 14.1 Å². The second-order valence-electron chi connectivity index (χ2n) is 8.16. The standard InChI is InChI=1S/C21H24F2N4O3S2/c1-21(2,3)18-24-15-14(17(28)27(5)20(29)26(15)4)16(25-18)31-10-11-7-8-13(32-19(22)23)12(9-11)30-6/h7-9,19H,10H2,1-6H3. The van der Waals surface area contributed by atoms with E-state index in [1.54, 1.807) is 25.2 Å². The maximum absolute atomic E-state index is 12.9. The van der Waals surface area contributed by atoms with E-state index in [9.17, 15) is 18.4 Å². The van der Waals surface area contributed by atoms with Crippen molar-refractivity contribution in [3.8, 4) is 5.75 Å². The number of benzene rings is 1. The van der Waals surface area contributed by atoms with Crippen molar-refractivity contribution >= 4 is 34.6 Å². The second kappa shape index (κ2) is 9.22. The van der Waals surface area contributed by atoms with Crippen LogP contribution in [0.15, 0.2) is 37.7 Å². The number of fused-ring (bicyclic) bond motifs is 1. The van der Waals surface area contributed by atoms with Crippen molar-refractivity contribution in [2.75, 3.05) is 7.11 Å². The van der Waals surface area contributed by atoms with Gasteiger partial charge in [-0.05, 0) is 17.7 Å². The number of hydrogen-bond acceptors (Lipinski definition) is 7. The van der Waals surface area contributed by atoms with Gasteiger partial charge in [0.2, 0.25) is 0 Å². The maximum atomic E-state index is 12.9. The lowest BCUT2D eigenvalue weighted by molar-refractivity contribution is 0.251. The van der Waals surface area contributed by atoms with E-state index in [2.05, 4.69) is 9.97 Å². The number of rotatable bonds is 6. The molecule has 0 atom stereocenters. The number of thioether (sulfide) groups is 2. The van der Waals surface area contributed by atoms with Crippen LogP contribution in [0.25, 0.3) is 11.0 Å². The molecule has 3 rings (SSSR count). The van der Waals surface area contributed by atoms with Crippen LogP contribution in [0.5, 0.6) is 5.75 Å². The molecule has 0 unspecified atom stereocenters. The Morgan fingerprint density at radius 3 is 2.41 bits per heavy atom. The summed E-state index contributed by atoms with van der Waals surface area (Å²) in [7, 11) is 4.42. The minimum absolute atomic E-state index is 0.268. The summed E-state index contributed by atoms with van der Waals surface area (Å²) in [6, 6.07) is 5.02. The average molecular weight is 483 g/mol. The van der Waals surface area contributed by atoms with Crippen molar-refractivity contribution in [1.29, 1.82) is 0 Å². The number of aryl methyl sites for hydroxylation is 1. The number of ether oxygens (including phenoxy) is 1. The smallest absolute Gasteiger partial charge is 0.332 e. The number of hydrogen-bond donors (Lipinski definition) is 0. The quantitative estimate of drug-likeness (QED) is 0.389. The van der Waals surface area contributed by atoms with E-state index in [1.165, 1.54) is 30.5 Å². The molecule has 0 radical (unpaired) electrons. The Morgan fingerprint density at radius 2 is 1.81 bits per heavy atom. The fraction of sp³-hybridized carbons (Fsp3) is 0.429. The predicted octanol–water partition coefficient (Wildman–Crippen LogP) is 3.94. The van der Waals surface area contributed by atoms with E-state index < -0.39 is 22.4 Å². The maximum Gasteiger partial charge on any atom is 0.332 e. The monoisotopic (exact) mass is 482 g/mol. The lowest BCUT2D eigenvalue weighted by atomic mass is 9.96. The molecule has 172 valence electrons. The van der Waals surface area contributed by atoms with Crippen molar-refractivity contribution in [1.82, 2.24) is 19.1 Å². The molecular formula is C21H24F2N4O3S2. The van der Waals surface area contributed by atoms with Gasteiger partial charge >= 0.3 is 5.69 Å². The van der Waals surface area contributed by atoms with Crippen LogP contribution in [-0.4, -0.2) is 32.0 Å². The van der Waals surface area contributed by atoms with Gasteiger partial charge in [-0.1, -0.05) is 38.6 Å². The van der Waals surface area contributed by atoms with Gasteiger partial charge in [0.15, 0.2) is 5.65 Å². The predicted molar refractivity (Wildman–Crippen MR) is 123 cm³/mol. The Bertz CT molecular complexity index is 1280. The largest absolute Gasteiger partial charge is 0.496 e. The van der Waals surface area contributed by atoms with E-state index in [-0.39, 0.29) is 11.0 Å². The van der Waals surface area contributed by atoms with Crippen LogP contribution in [0.2, 0.25) is 0 Å². The minimum atomic E-state index is -2.55. The molecule has 0 amide bonds. The molecule has 2 aromatic heterocycles. The van der Waals surface area contributed by atoms with Crippen molar-refractivity contribution in [3.05, 3.63) is 50.4 Å². The number of aromatic nitrogens is 4. The summed E-state index contributed by atoms with van der Waals surface area (Å²) in [4.78, 5) is 34.8. The Balaban J connectivity index is 2.09. The lowest BCUT2D eigenvalue weighted by Crippen LogP contribution is -2.38. The molecule has 0 aliphatic carbocycles. The van der Waals surface area contributed by atoms with Crippen LogP contribution < -0.4 is 16.0 Å². The van der Waals surface area contributed by atoms with Crippen LogP contribution in [0.4, 0.5) is 8.78 Å². The van der Waals surface area contributed by atoms with E-state index in [0.29, 0.717) is 39.0 Å². The summed E-state index contributed by atoms with van der Waals surface area (Å²) in [6.45, 7) is 5.85. The summed E-state index contributed by atoms with van der Waals surface area (Å²) in [5.74, 6) is -1.26. The molecule has 0 fully saturated rings. The molecule has 0 saturated carbocycles. The van der Waals surface area contributed by atoms with Gasteiger partial charge in [-0.25, -0.2) is 14.8 Å². The third-order valence-corrected chi connectivity index (χ3v) is 6.57. The molecule has 7 nitrogen and oxygen atoms in total. The summed E-state index contributed by atoms with van der Waals surface area (Å²) in [5.41, 5.74) is -0.239. The molecule has 1 aromatic carbocycles. The van der Waals surface area contributed by atoms with E-state index >= 15 is 0 Å². The van der Waals surface area contributed by atoms with E-state index in [0.717, 1.165) is 10.1 Å². The number of nitrogens with zero attached hydrogens (tertiary/aromatic N) is 4. The first-order chi connectivity index (χ1) is 14.9. The Hall–Kier alpha value is -2.40. The topological polar surface area (TPSA) is 79.0 Å². The van der Waals surface area contributed by atoms with Gasteiger partial charge in [0.1, 0.15) is 22.0 Å². The molecule has 0 saturated heterocycles. The highest BCUT2D eigenvalue weighted by atomic mass is 32.2. The minimum Gasteiger partial charge on any atom is -0.496 e. The fourth-order valence-electron chi connectivity index (χ4n) is 3.02. The fourth-order valence-corrected chi connectivity index (χ4v) is 4.57. The van der Waals surface area contributed by atoms with Gasteiger partial charge < -0.3 is 4.74 Å². The van der Waals surface area contributed by atoms with Gasteiger partial charge in [-0.15, -0.1) is 11.8 Å². The van der Waals surface area contributed by atoms with Crippen LogP contribution in [-0.2, 0) is 25.3 Å². The molecule has 32 heavy (non-hydrogen) atoms. The zero-order valence-electron chi connectivity index (χ0n) is 18.6. The molecule has 11 heteroatoms. The van der Waals surface area contributed by atoms with Gasteiger partial charge in [0.25, 0.3) is 11.3 Å². The summed E-state index contributed by atoms with van der Waals surface area (Å²) in [5, 5.41) is 0.727. The SMILES string of the molecule is COc1cc(CSc2nc(C(C)(C)C)nc3c2c(=O)n(C)c(=O)n3C)ccc1SC(F)F. The number of alkyl halides is 2. The summed E-state index contributed by atoms with van der Waals surface area (Å²) >= 11 is 1.74. The van der Waals surface area contributed by atoms with E-state index in [1.807, 2.05) is 20.8 Å². The first-order valence-electron chi connectivity index (χ1n) is 9.66. The van der Waals surface area contributed by atoms with Gasteiger partial charge in [0, 0.05) is 25.3 Å². The molecule has 0 aliphatic rings. The highest BCUT2D eigenvalue weighted by molar-refractivity contribution is 7.99. The average Bonchev–Trinajstić information content (AvgIpc) is 2.73. The summed E-state index contributed by atoms with van der Waals surface area (Å²) in [6.07, 6.45) is 0. The van der Waals surface area contributed by atoms with Gasteiger partial charge in [0.05, 0.1) is 12.0 Å². The molecule has 0 aliphatic heterocycles. The van der Waals surface area contributed by atoms with Gasteiger partial charge in [-0.3, -0.25) is 13.9 Å². The molecule has 2 heterocycles. The van der Waals surface area contributed by atoms with Gasteiger partial charge in [-0.2, -0.15) is 8.78 Å². The van der Waals surface area contributed by atoms with Crippen LogP contribution in [0, 0.1) is 0 Å². The number of halogens is 2. The Labute approximate surface area is 192 Å². The Kier molecular flexibility index (Phi) is 6.99. The summed E-state index contributed by atoms with van der Waals surface area (Å²) < 4.78 is 33.1. The lowest BCUT2D eigenvalue weighted by Gasteiger charge is -2.19. The third kappa shape index (κ3) is 4.83. The normalized spacial score (nSPS) is 12.0. The zero-order valence-corrected chi connectivity index (χ0v) is 20.2. The molecule has 0 N–H and O–H groups in total. The zero-order chi connectivity index (χ0) is 23.8. The highest BCUT2D eigenvalue weighted by Gasteiger charge is 2.23. The third-order valence-electron chi connectivity index (χ3n) is 4.76. The van der Waals surface area contributed by atoms with Crippen LogP contribution >= 0.6 is 23.5 Å². The van der Waals surface area contributed by atoms with Crippen molar-refractivity contribution in [2.45, 2.75) is 47.6 Å². The van der Waals surface area contributed by atoms with Crippen molar-refractivity contribution < 1.29 is 13.5 Å². The second-order valence-corrected chi connectivity index (χ2v) is 10.2.